The maximum Gasteiger partial charge on any atom is 0.0706 e. The molecule has 0 spiro atoms. The van der Waals surface area contributed by atoms with Crippen LogP contribution in [0.5, 0.6) is 0 Å². The second-order valence-electron chi connectivity index (χ2n) is 4.98. The fraction of sp³-hybridized carbons (Fsp3) is 0.400. The number of fused-ring (bicyclic) bond motifs is 1. The van der Waals surface area contributed by atoms with Crippen molar-refractivity contribution >= 4 is 10.9 Å². The van der Waals surface area contributed by atoms with Gasteiger partial charge in [0.2, 0.25) is 0 Å². The first kappa shape index (κ1) is 11.6. The Kier molecular flexibility index (Phi) is 3.26. The zero-order valence-corrected chi connectivity index (χ0v) is 10.8. The van der Waals surface area contributed by atoms with Gasteiger partial charge in [-0.15, -0.1) is 0 Å². The van der Waals surface area contributed by atoms with E-state index in [9.17, 15) is 0 Å². The van der Waals surface area contributed by atoms with Gasteiger partial charge in [0.15, 0.2) is 0 Å². The van der Waals surface area contributed by atoms with Crippen molar-refractivity contribution in [1.29, 1.82) is 0 Å². The van der Waals surface area contributed by atoms with Crippen LogP contribution in [-0.4, -0.2) is 36.6 Å². The molecular formula is C15H19N3. The molecule has 94 valence electrons. The number of hydrogen-bond acceptors (Lipinski definition) is 3. The van der Waals surface area contributed by atoms with E-state index in [2.05, 4.69) is 47.6 Å². The first-order valence-corrected chi connectivity index (χ1v) is 6.61. The third kappa shape index (κ3) is 2.24. The molecule has 0 saturated carbocycles. The van der Waals surface area contributed by atoms with Gasteiger partial charge < -0.3 is 5.32 Å². The molecule has 1 atom stereocenters. The summed E-state index contributed by atoms with van der Waals surface area (Å²) in [6.45, 7) is 3.22. The molecule has 3 rings (SSSR count). The third-order valence-corrected chi connectivity index (χ3v) is 3.70. The van der Waals surface area contributed by atoms with Crippen LogP contribution in [0.3, 0.4) is 0 Å². The van der Waals surface area contributed by atoms with E-state index in [-0.39, 0.29) is 0 Å². The number of benzene rings is 1. The Morgan fingerprint density at radius 1 is 1.22 bits per heavy atom. The lowest BCUT2D eigenvalue weighted by atomic mass is 10.1. The Bertz CT molecular complexity index is 538. The summed E-state index contributed by atoms with van der Waals surface area (Å²) in [4.78, 5) is 7.21. The van der Waals surface area contributed by atoms with Gasteiger partial charge in [0.05, 0.1) is 17.3 Å². The lowest BCUT2D eigenvalue weighted by Crippen LogP contribution is -2.30. The number of rotatable bonds is 1. The standard InChI is InChI=1S/C15H19N3/c1-18-10-4-9-16-11-15(18)14-8-7-12-5-2-3-6-13(12)17-14/h2-3,5-8,15-16H,4,9-11H2,1H3. The van der Waals surface area contributed by atoms with E-state index in [0.717, 1.165) is 25.2 Å². The van der Waals surface area contributed by atoms with Crippen LogP contribution in [0, 0.1) is 0 Å². The lowest BCUT2D eigenvalue weighted by Gasteiger charge is -2.25. The summed E-state index contributed by atoms with van der Waals surface area (Å²) in [7, 11) is 2.19. The van der Waals surface area contributed by atoms with Crippen LogP contribution >= 0.6 is 0 Å². The highest BCUT2D eigenvalue weighted by atomic mass is 15.2. The number of nitrogens with one attached hydrogen (secondary N) is 1. The molecule has 1 saturated heterocycles. The predicted octanol–water partition coefficient (Wildman–Crippen LogP) is 2.20. The van der Waals surface area contributed by atoms with Gasteiger partial charge in [0.25, 0.3) is 0 Å². The fourth-order valence-corrected chi connectivity index (χ4v) is 2.60. The third-order valence-electron chi connectivity index (χ3n) is 3.70. The van der Waals surface area contributed by atoms with Gasteiger partial charge in [-0.1, -0.05) is 24.3 Å². The molecular weight excluding hydrogens is 222 g/mol. The van der Waals surface area contributed by atoms with Gasteiger partial charge in [0.1, 0.15) is 0 Å². The first-order chi connectivity index (χ1) is 8.84. The van der Waals surface area contributed by atoms with Crippen molar-refractivity contribution in [2.75, 3.05) is 26.7 Å². The summed E-state index contributed by atoms with van der Waals surface area (Å²) in [6.07, 6.45) is 1.21. The van der Waals surface area contributed by atoms with E-state index in [0.29, 0.717) is 6.04 Å². The van der Waals surface area contributed by atoms with Gasteiger partial charge in [-0.25, -0.2) is 0 Å². The van der Waals surface area contributed by atoms with Crippen LogP contribution in [0.2, 0.25) is 0 Å². The summed E-state index contributed by atoms with van der Waals surface area (Å²) in [5, 5.41) is 4.71. The van der Waals surface area contributed by atoms with Crippen molar-refractivity contribution in [2.45, 2.75) is 12.5 Å². The molecule has 1 aliphatic rings. The maximum atomic E-state index is 4.81. The molecule has 1 aliphatic heterocycles. The minimum absolute atomic E-state index is 0.386. The van der Waals surface area contributed by atoms with Crippen molar-refractivity contribution in [2.24, 2.45) is 0 Å². The zero-order valence-electron chi connectivity index (χ0n) is 10.8. The Balaban J connectivity index is 1.97. The summed E-state index contributed by atoms with van der Waals surface area (Å²) >= 11 is 0. The molecule has 0 amide bonds. The van der Waals surface area contributed by atoms with Gasteiger partial charge in [-0.05, 0) is 38.7 Å². The summed E-state index contributed by atoms with van der Waals surface area (Å²) in [5.41, 5.74) is 2.26. The normalized spacial score (nSPS) is 21.9. The van der Waals surface area contributed by atoms with E-state index in [4.69, 9.17) is 4.98 Å². The molecule has 1 fully saturated rings. The van der Waals surface area contributed by atoms with E-state index in [1.54, 1.807) is 0 Å². The fourth-order valence-electron chi connectivity index (χ4n) is 2.60. The SMILES string of the molecule is CN1CCCNCC1c1ccc2ccccc2n1. The zero-order chi connectivity index (χ0) is 12.4. The number of nitrogens with zero attached hydrogens (tertiary/aromatic N) is 2. The largest absolute Gasteiger partial charge is 0.315 e. The van der Waals surface area contributed by atoms with Crippen LogP contribution < -0.4 is 5.32 Å². The first-order valence-electron chi connectivity index (χ1n) is 6.61. The molecule has 2 aromatic rings. The number of likely N-dealkylation sites (N-methyl/N-ethyl adjacent to an activating group) is 1. The summed E-state index contributed by atoms with van der Waals surface area (Å²) < 4.78 is 0. The Morgan fingerprint density at radius 2 is 2.11 bits per heavy atom. The molecule has 2 heterocycles. The van der Waals surface area contributed by atoms with Crippen molar-refractivity contribution in [3.05, 3.63) is 42.1 Å². The minimum atomic E-state index is 0.386. The van der Waals surface area contributed by atoms with E-state index in [1.807, 2.05) is 6.07 Å². The smallest absolute Gasteiger partial charge is 0.0706 e. The Labute approximate surface area is 108 Å². The van der Waals surface area contributed by atoms with E-state index < -0.39 is 0 Å². The van der Waals surface area contributed by atoms with E-state index in [1.165, 1.54) is 17.5 Å². The van der Waals surface area contributed by atoms with Gasteiger partial charge in [-0.3, -0.25) is 9.88 Å². The molecule has 3 heteroatoms. The van der Waals surface area contributed by atoms with Crippen molar-refractivity contribution in [1.82, 2.24) is 15.2 Å². The van der Waals surface area contributed by atoms with Crippen molar-refractivity contribution in [3.8, 4) is 0 Å². The number of para-hydroxylation sites is 1. The average molecular weight is 241 g/mol. The van der Waals surface area contributed by atoms with E-state index >= 15 is 0 Å². The van der Waals surface area contributed by atoms with Crippen LogP contribution in [0.4, 0.5) is 0 Å². The summed E-state index contributed by atoms with van der Waals surface area (Å²) in [6, 6.07) is 13.0. The highest BCUT2D eigenvalue weighted by Gasteiger charge is 2.20. The molecule has 3 nitrogen and oxygen atoms in total. The van der Waals surface area contributed by atoms with Crippen molar-refractivity contribution in [3.63, 3.8) is 0 Å². The monoisotopic (exact) mass is 241 g/mol. The Morgan fingerprint density at radius 3 is 3.06 bits per heavy atom. The van der Waals surface area contributed by atoms with Crippen LogP contribution in [0.25, 0.3) is 10.9 Å². The lowest BCUT2D eigenvalue weighted by molar-refractivity contribution is 0.257. The molecule has 0 aliphatic carbocycles. The molecule has 1 unspecified atom stereocenters. The second-order valence-corrected chi connectivity index (χ2v) is 4.98. The average Bonchev–Trinajstić information content (AvgIpc) is 2.63. The predicted molar refractivity (Wildman–Crippen MR) is 74.6 cm³/mol. The number of hydrogen-bond donors (Lipinski definition) is 1. The second kappa shape index (κ2) is 5.04. The summed E-state index contributed by atoms with van der Waals surface area (Å²) in [5.74, 6) is 0. The molecule has 1 aromatic carbocycles. The number of pyridine rings is 1. The van der Waals surface area contributed by atoms with Crippen LogP contribution in [-0.2, 0) is 0 Å². The topological polar surface area (TPSA) is 28.2 Å². The van der Waals surface area contributed by atoms with Gasteiger partial charge >= 0.3 is 0 Å². The molecule has 1 aromatic heterocycles. The molecule has 0 radical (unpaired) electrons. The van der Waals surface area contributed by atoms with Gasteiger partial charge in [-0.2, -0.15) is 0 Å². The molecule has 1 N–H and O–H groups in total. The highest BCUT2D eigenvalue weighted by molar-refractivity contribution is 5.78. The van der Waals surface area contributed by atoms with Gasteiger partial charge in [0, 0.05) is 11.9 Å². The van der Waals surface area contributed by atoms with Crippen LogP contribution in [0.1, 0.15) is 18.2 Å². The molecule has 0 bridgehead atoms. The molecule has 18 heavy (non-hydrogen) atoms. The highest BCUT2D eigenvalue weighted by Crippen LogP contribution is 2.21. The Hall–Kier alpha value is -1.45. The maximum absolute atomic E-state index is 4.81. The van der Waals surface area contributed by atoms with Crippen molar-refractivity contribution < 1.29 is 0 Å². The minimum Gasteiger partial charge on any atom is -0.315 e. The quantitative estimate of drug-likeness (QED) is 0.829. The number of aromatic nitrogens is 1. The van der Waals surface area contributed by atoms with Crippen LogP contribution in [0.15, 0.2) is 36.4 Å².